The van der Waals surface area contributed by atoms with Crippen molar-refractivity contribution in [2.45, 2.75) is 32.6 Å². The number of halogens is 1. The van der Waals surface area contributed by atoms with E-state index in [2.05, 4.69) is 17.2 Å². The number of likely N-dealkylation sites (tertiary alicyclic amines) is 1. The number of Topliss-reactive ketones (excluding diaryl/α,β-unsaturated/α-hetero) is 1. The molecule has 4 heteroatoms. The molecule has 1 unspecified atom stereocenters. The Kier molecular flexibility index (Phi) is 6.90. The second-order valence-corrected chi connectivity index (χ2v) is 5.93. The minimum absolute atomic E-state index is 0. The molecule has 0 aliphatic carbocycles. The van der Waals surface area contributed by atoms with Crippen LogP contribution < -0.4 is 0 Å². The Morgan fingerprint density at radius 1 is 1.56 bits per heavy atom. The van der Waals surface area contributed by atoms with Crippen LogP contribution in [0.2, 0.25) is 0 Å². The summed E-state index contributed by atoms with van der Waals surface area (Å²) in [6.45, 7) is 5.61. The number of carbonyl (C=O) groups is 1. The topological polar surface area (TPSA) is 20.3 Å². The Morgan fingerprint density at radius 2 is 2.39 bits per heavy atom. The van der Waals surface area contributed by atoms with E-state index < -0.39 is 0 Å². The predicted octanol–water partition coefficient (Wildman–Crippen LogP) is 3.40. The van der Waals surface area contributed by atoms with Crippen LogP contribution in [0.1, 0.15) is 31.7 Å². The zero-order valence-corrected chi connectivity index (χ0v) is 12.6. The van der Waals surface area contributed by atoms with Gasteiger partial charge in [0, 0.05) is 25.9 Å². The summed E-state index contributed by atoms with van der Waals surface area (Å²) in [5, 5.41) is 4.11. The maximum absolute atomic E-state index is 11.8. The fourth-order valence-corrected chi connectivity index (χ4v) is 3.15. The largest absolute Gasteiger partial charge is 0.303 e. The maximum Gasteiger partial charge on any atom is 0.138 e. The zero-order chi connectivity index (χ0) is 12.1. The summed E-state index contributed by atoms with van der Waals surface area (Å²) in [6, 6.07) is 2.05. The number of hydrogen-bond donors (Lipinski definition) is 0. The Hall–Kier alpha value is -0.380. The van der Waals surface area contributed by atoms with Gasteiger partial charge in [-0.05, 0) is 47.7 Å². The molecule has 0 bridgehead atoms. The van der Waals surface area contributed by atoms with Gasteiger partial charge in [0.1, 0.15) is 5.78 Å². The Labute approximate surface area is 120 Å². The number of thiophene rings is 1. The van der Waals surface area contributed by atoms with E-state index in [9.17, 15) is 4.79 Å². The predicted molar refractivity (Wildman–Crippen MR) is 79.7 cm³/mol. The molecule has 2 rings (SSSR count). The SMILES string of the molecule is CC1CCCN(CCC(=O)Cc2ccsc2)C1.Cl. The molecule has 0 spiro atoms. The van der Waals surface area contributed by atoms with Crippen LogP contribution in [0.15, 0.2) is 16.8 Å². The molecule has 0 aromatic carbocycles. The van der Waals surface area contributed by atoms with Gasteiger partial charge in [-0.15, -0.1) is 12.4 Å². The summed E-state index contributed by atoms with van der Waals surface area (Å²) in [6.07, 6.45) is 3.97. The van der Waals surface area contributed by atoms with Gasteiger partial charge in [0.2, 0.25) is 0 Å². The fraction of sp³-hybridized carbons (Fsp3) is 0.643. The molecule has 18 heavy (non-hydrogen) atoms. The summed E-state index contributed by atoms with van der Waals surface area (Å²) in [4.78, 5) is 14.3. The molecule has 0 amide bonds. The Bertz CT molecular complexity index is 353. The van der Waals surface area contributed by atoms with E-state index in [1.165, 1.54) is 31.5 Å². The first-order chi connectivity index (χ1) is 8.24. The number of rotatable bonds is 5. The Morgan fingerprint density at radius 3 is 3.06 bits per heavy atom. The van der Waals surface area contributed by atoms with Crippen LogP contribution in [0.4, 0.5) is 0 Å². The molecule has 1 aromatic heterocycles. The van der Waals surface area contributed by atoms with Crippen molar-refractivity contribution < 1.29 is 4.79 Å². The van der Waals surface area contributed by atoms with E-state index in [1.807, 2.05) is 11.4 Å². The molecule has 1 saturated heterocycles. The lowest BCUT2D eigenvalue weighted by atomic mass is 10.00. The highest BCUT2D eigenvalue weighted by atomic mass is 35.5. The first-order valence-electron chi connectivity index (χ1n) is 6.49. The lowest BCUT2D eigenvalue weighted by Gasteiger charge is -2.30. The van der Waals surface area contributed by atoms with Gasteiger partial charge in [-0.25, -0.2) is 0 Å². The third kappa shape index (κ3) is 5.09. The quantitative estimate of drug-likeness (QED) is 0.827. The van der Waals surface area contributed by atoms with Gasteiger partial charge in [0.25, 0.3) is 0 Å². The van der Waals surface area contributed by atoms with Gasteiger partial charge in [-0.3, -0.25) is 4.79 Å². The van der Waals surface area contributed by atoms with Gasteiger partial charge >= 0.3 is 0 Å². The van der Waals surface area contributed by atoms with Crippen molar-refractivity contribution in [2.75, 3.05) is 19.6 Å². The minimum atomic E-state index is 0. The van der Waals surface area contributed by atoms with Crippen LogP contribution in [0, 0.1) is 5.92 Å². The first kappa shape index (κ1) is 15.7. The lowest BCUT2D eigenvalue weighted by molar-refractivity contribution is -0.118. The number of carbonyl (C=O) groups excluding carboxylic acids is 1. The summed E-state index contributed by atoms with van der Waals surface area (Å²) >= 11 is 1.67. The van der Waals surface area contributed by atoms with E-state index in [1.54, 1.807) is 11.3 Å². The fourth-order valence-electron chi connectivity index (χ4n) is 2.48. The van der Waals surface area contributed by atoms with E-state index in [0.717, 1.165) is 12.5 Å². The lowest BCUT2D eigenvalue weighted by Crippen LogP contribution is -2.35. The highest BCUT2D eigenvalue weighted by molar-refractivity contribution is 7.07. The second kappa shape index (κ2) is 7.93. The molecule has 0 N–H and O–H groups in total. The summed E-state index contributed by atoms with van der Waals surface area (Å²) < 4.78 is 0. The molecule has 2 nitrogen and oxygen atoms in total. The van der Waals surface area contributed by atoms with Crippen LogP contribution in [-0.4, -0.2) is 30.3 Å². The standard InChI is InChI=1S/C14H21NOS.ClH/c1-12-3-2-6-15(10-12)7-4-14(16)9-13-5-8-17-11-13;/h5,8,11-12H,2-4,6-7,9-10H2,1H3;1H. The van der Waals surface area contributed by atoms with Gasteiger partial charge in [-0.2, -0.15) is 11.3 Å². The van der Waals surface area contributed by atoms with Crippen molar-refractivity contribution in [1.29, 1.82) is 0 Å². The molecule has 1 aliphatic heterocycles. The Balaban J connectivity index is 0.00000162. The molecular weight excluding hydrogens is 266 g/mol. The van der Waals surface area contributed by atoms with Crippen molar-refractivity contribution in [3.63, 3.8) is 0 Å². The summed E-state index contributed by atoms with van der Waals surface area (Å²) in [5.41, 5.74) is 1.17. The second-order valence-electron chi connectivity index (χ2n) is 5.15. The average Bonchev–Trinajstić information content (AvgIpc) is 2.79. The summed E-state index contributed by atoms with van der Waals surface area (Å²) in [5.74, 6) is 1.18. The van der Waals surface area contributed by atoms with Gasteiger partial charge < -0.3 is 4.90 Å². The maximum atomic E-state index is 11.8. The molecule has 1 aliphatic rings. The zero-order valence-electron chi connectivity index (χ0n) is 10.9. The van der Waals surface area contributed by atoms with Gasteiger partial charge in [-0.1, -0.05) is 6.92 Å². The molecule has 1 aromatic rings. The van der Waals surface area contributed by atoms with Crippen molar-refractivity contribution in [1.82, 2.24) is 4.90 Å². The van der Waals surface area contributed by atoms with Crippen molar-refractivity contribution >= 4 is 29.5 Å². The van der Waals surface area contributed by atoms with E-state index in [4.69, 9.17) is 0 Å². The minimum Gasteiger partial charge on any atom is -0.303 e. The summed E-state index contributed by atoms with van der Waals surface area (Å²) in [7, 11) is 0. The molecule has 1 fully saturated rings. The number of ketones is 1. The molecular formula is C14H22ClNOS. The normalized spacial score (nSPS) is 20.4. The molecule has 0 saturated carbocycles. The molecule has 1 atom stereocenters. The van der Waals surface area contributed by atoms with E-state index in [0.29, 0.717) is 18.6 Å². The van der Waals surface area contributed by atoms with Gasteiger partial charge in [0.15, 0.2) is 0 Å². The number of nitrogens with zero attached hydrogens (tertiary/aromatic N) is 1. The third-order valence-electron chi connectivity index (χ3n) is 3.43. The van der Waals surface area contributed by atoms with Crippen LogP contribution in [0.25, 0.3) is 0 Å². The van der Waals surface area contributed by atoms with Crippen LogP contribution in [0.5, 0.6) is 0 Å². The van der Waals surface area contributed by atoms with Crippen LogP contribution in [0.3, 0.4) is 0 Å². The first-order valence-corrected chi connectivity index (χ1v) is 7.43. The van der Waals surface area contributed by atoms with Crippen LogP contribution in [-0.2, 0) is 11.2 Å². The third-order valence-corrected chi connectivity index (χ3v) is 4.16. The molecule has 102 valence electrons. The van der Waals surface area contributed by atoms with Gasteiger partial charge in [0.05, 0.1) is 0 Å². The monoisotopic (exact) mass is 287 g/mol. The average molecular weight is 288 g/mol. The highest BCUT2D eigenvalue weighted by Gasteiger charge is 2.16. The highest BCUT2D eigenvalue weighted by Crippen LogP contribution is 2.15. The number of piperidine rings is 1. The number of hydrogen-bond acceptors (Lipinski definition) is 3. The van der Waals surface area contributed by atoms with Crippen molar-refractivity contribution in [2.24, 2.45) is 5.92 Å². The molecule has 0 radical (unpaired) electrons. The van der Waals surface area contributed by atoms with E-state index in [-0.39, 0.29) is 12.4 Å². The van der Waals surface area contributed by atoms with Crippen molar-refractivity contribution in [3.8, 4) is 0 Å². The van der Waals surface area contributed by atoms with Crippen LogP contribution >= 0.6 is 23.7 Å². The van der Waals surface area contributed by atoms with Crippen molar-refractivity contribution in [3.05, 3.63) is 22.4 Å². The van der Waals surface area contributed by atoms with E-state index >= 15 is 0 Å². The molecule has 2 heterocycles. The smallest absolute Gasteiger partial charge is 0.138 e.